The molecular weight excluding hydrogens is 196 g/mol. The van der Waals surface area contributed by atoms with Crippen LogP contribution < -0.4 is 11.3 Å². The highest BCUT2D eigenvalue weighted by atomic mass is 16.5. The molecule has 1 heterocycles. The molecule has 1 unspecified atom stereocenters. The third-order valence-electron chi connectivity index (χ3n) is 2.33. The van der Waals surface area contributed by atoms with Crippen LogP contribution in [0.4, 0.5) is 0 Å². The van der Waals surface area contributed by atoms with Crippen molar-refractivity contribution >= 4 is 5.96 Å². The molecule has 15 heavy (non-hydrogen) atoms. The van der Waals surface area contributed by atoms with Crippen molar-refractivity contribution in [3.63, 3.8) is 0 Å². The summed E-state index contributed by atoms with van der Waals surface area (Å²) in [5, 5.41) is 0. The number of methoxy groups -OCH3 is 1. The van der Waals surface area contributed by atoms with Crippen LogP contribution in [0.2, 0.25) is 0 Å². The second-order valence-electron chi connectivity index (χ2n) is 3.46. The quantitative estimate of drug-likeness (QED) is 0.212. The molecule has 0 saturated carbocycles. The lowest BCUT2D eigenvalue weighted by molar-refractivity contribution is 0.0314. The van der Waals surface area contributed by atoms with E-state index >= 15 is 0 Å². The van der Waals surface area contributed by atoms with Crippen LogP contribution in [0.3, 0.4) is 0 Å². The van der Waals surface area contributed by atoms with E-state index in [-0.39, 0.29) is 0 Å². The zero-order valence-corrected chi connectivity index (χ0v) is 9.40. The molecule has 0 amide bonds. The summed E-state index contributed by atoms with van der Waals surface area (Å²) < 4.78 is 10.3. The number of hydrogen-bond donors (Lipinski definition) is 2. The lowest BCUT2D eigenvalue weighted by atomic mass is 10.3. The largest absolute Gasteiger partial charge is 0.383 e. The minimum absolute atomic E-state index is 0.302. The first-order valence-corrected chi connectivity index (χ1v) is 5.14. The van der Waals surface area contributed by atoms with Gasteiger partial charge in [0, 0.05) is 13.7 Å². The lowest BCUT2D eigenvalue weighted by Gasteiger charge is -2.35. The van der Waals surface area contributed by atoms with E-state index in [2.05, 4.69) is 22.2 Å². The topological polar surface area (TPSA) is 72.1 Å². The molecule has 6 heteroatoms. The summed E-state index contributed by atoms with van der Waals surface area (Å²) in [6.07, 6.45) is 0. The van der Waals surface area contributed by atoms with E-state index in [1.165, 1.54) is 0 Å². The SMILES string of the molecule is COCCN=C(NN)N1CCOCC1C. The van der Waals surface area contributed by atoms with Gasteiger partial charge in [0.05, 0.1) is 32.4 Å². The van der Waals surface area contributed by atoms with Crippen molar-refractivity contribution in [2.24, 2.45) is 10.8 Å². The van der Waals surface area contributed by atoms with Crippen LogP contribution in [0.1, 0.15) is 6.92 Å². The number of hydrogen-bond acceptors (Lipinski definition) is 4. The highest BCUT2D eigenvalue weighted by Gasteiger charge is 2.21. The summed E-state index contributed by atoms with van der Waals surface area (Å²) in [5.74, 6) is 6.15. The van der Waals surface area contributed by atoms with Crippen LogP contribution in [0.15, 0.2) is 4.99 Å². The minimum Gasteiger partial charge on any atom is -0.383 e. The van der Waals surface area contributed by atoms with E-state index in [1.807, 2.05) is 0 Å². The van der Waals surface area contributed by atoms with Gasteiger partial charge >= 0.3 is 0 Å². The normalized spacial score (nSPS) is 23.0. The smallest absolute Gasteiger partial charge is 0.208 e. The maximum atomic E-state index is 5.44. The molecule has 0 aromatic heterocycles. The Labute approximate surface area is 90.4 Å². The summed E-state index contributed by atoms with van der Waals surface area (Å²) in [6.45, 7) is 5.55. The van der Waals surface area contributed by atoms with Crippen LogP contribution in [-0.4, -0.2) is 56.9 Å². The molecule has 0 aromatic carbocycles. The average Bonchev–Trinajstić information content (AvgIpc) is 2.26. The molecule has 1 aliphatic heterocycles. The van der Waals surface area contributed by atoms with Crippen LogP contribution in [0.25, 0.3) is 0 Å². The van der Waals surface area contributed by atoms with E-state index in [9.17, 15) is 0 Å². The number of guanidine groups is 1. The van der Waals surface area contributed by atoms with E-state index < -0.39 is 0 Å². The second kappa shape index (κ2) is 6.60. The van der Waals surface area contributed by atoms with Crippen molar-refractivity contribution in [3.05, 3.63) is 0 Å². The molecular formula is C9H20N4O2. The summed E-state index contributed by atoms with van der Waals surface area (Å²) in [4.78, 5) is 6.44. The Morgan fingerprint density at radius 1 is 1.73 bits per heavy atom. The van der Waals surface area contributed by atoms with Gasteiger partial charge in [0.25, 0.3) is 0 Å². The molecule has 0 aromatic rings. The standard InChI is InChI=1S/C9H20N4O2/c1-8-7-15-6-4-13(8)9(12-10)11-3-5-14-2/h8H,3-7,10H2,1-2H3,(H,11,12). The van der Waals surface area contributed by atoms with Crippen molar-refractivity contribution in [1.29, 1.82) is 0 Å². The summed E-state index contributed by atoms with van der Waals surface area (Å²) in [7, 11) is 1.66. The number of ether oxygens (including phenoxy) is 2. The minimum atomic E-state index is 0.302. The van der Waals surface area contributed by atoms with Gasteiger partial charge in [0.1, 0.15) is 0 Å². The molecule has 0 spiro atoms. The third-order valence-corrected chi connectivity index (χ3v) is 2.33. The van der Waals surface area contributed by atoms with E-state index in [0.717, 1.165) is 13.2 Å². The van der Waals surface area contributed by atoms with Gasteiger partial charge in [-0.1, -0.05) is 0 Å². The van der Waals surface area contributed by atoms with Crippen molar-refractivity contribution in [3.8, 4) is 0 Å². The Kier molecular flexibility index (Phi) is 5.38. The Hall–Kier alpha value is -0.850. The molecule has 88 valence electrons. The maximum absolute atomic E-state index is 5.44. The Morgan fingerprint density at radius 3 is 3.13 bits per heavy atom. The van der Waals surface area contributed by atoms with Crippen molar-refractivity contribution in [2.75, 3.05) is 40.0 Å². The Morgan fingerprint density at radius 2 is 2.53 bits per heavy atom. The highest BCUT2D eigenvalue weighted by molar-refractivity contribution is 5.79. The van der Waals surface area contributed by atoms with Gasteiger partial charge in [-0.2, -0.15) is 0 Å². The Bertz CT molecular complexity index is 210. The van der Waals surface area contributed by atoms with Crippen molar-refractivity contribution in [1.82, 2.24) is 10.3 Å². The molecule has 1 aliphatic rings. The summed E-state index contributed by atoms with van der Waals surface area (Å²) in [5.41, 5.74) is 2.63. The third kappa shape index (κ3) is 3.65. The van der Waals surface area contributed by atoms with E-state index in [0.29, 0.717) is 31.8 Å². The van der Waals surface area contributed by atoms with Crippen LogP contribution in [0, 0.1) is 0 Å². The molecule has 1 fully saturated rings. The van der Waals surface area contributed by atoms with E-state index in [1.54, 1.807) is 7.11 Å². The molecule has 3 N–H and O–H groups in total. The summed E-state index contributed by atoms with van der Waals surface area (Å²) in [6, 6.07) is 0.302. The number of nitrogens with zero attached hydrogens (tertiary/aromatic N) is 2. The van der Waals surface area contributed by atoms with Crippen LogP contribution in [-0.2, 0) is 9.47 Å². The first-order valence-electron chi connectivity index (χ1n) is 5.14. The fraction of sp³-hybridized carbons (Fsp3) is 0.889. The summed E-state index contributed by atoms with van der Waals surface area (Å²) >= 11 is 0. The fourth-order valence-corrected chi connectivity index (χ4v) is 1.50. The fourth-order valence-electron chi connectivity index (χ4n) is 1.50. The monoisotopic (exact) mass is 216 g/mol. The number of rotatable bonds is 3. The lowest BCUT2D eigenvalue weighted by Crippen LogP contribution is -2.53. The number of aliphatic imine (C=N–C) groups is 1. The number of hydrazine groups is 1. The first-order chi connectivity index (χ1) is 7.29. The van der Waals surface area contributed by atoms with Gasteiger partial charge in [-0.3, -0.25) is 5.43 Å². The van der Waals surface area contributed by atoms with Crippen molar-refractivity contribution < 1.29 is 9.47 Å². The zero-order chi connectivity index (χ0) is 11.1. The number of nitrogens with one attached hydrogen (secondary N) is 1. The molecule has 0 bridgehead atoms. The first kappa shape index (κ1) is 12.2. The molecule has 1 saturated heterocycles. The van der Waals surface area contributed by atoms with Gasteiger partial charge in [0.2, 0.25) is 5.96 Å². The van der Waals surface area contributed by atoms with Crippen molar-refractivity contribution in [2.45, 2.75) is 13.0 Å². The molecule has 0 radical (unpaired) electrons. The predicted octanol–water partition coefficient (Wildman–Crippen LogP) is -0.827. The van der Waals surface area contributed by atoms with Crippen LogP contribution >= 0.6 is 0 Å². The maximum Gasteiger partial charge on any atom is 0.208 e. The van der Waals surface area contributed by atoms with Gasteiger partial charge < -0.3 is 14.4 Å². The van der Waals surface area contributed by atoms with Gasteiger partial charge in [0.15, 0.2) is 0 Å². The van der Waals surface area contributed by atoms with Gasteiger partial charge in [-0.05, 0) is 6.92 Å². The average molecular weight is 216 g/mol. The zero-order valence-electron chi connectivity index (χ0n) is 9.40. The molecule has 1 rings (SSSR count). The highest BCUT2D eigenvalue weighted by Crippen LogP contribution is 2.05. The molecule has 1 atom stereocenters. The second-order valence-corrected chi connectivity index (χ2v) is 3.46. The van der Waals surface area contributed by atoms with Gasteiger partial charge in [-0.25, -0.2) is 10.8 Å². The number of morpholine rings is 1. The van der Waals surface area contributed by atoms with E-state index in [4.69, 9.17) is 15.3 Å². The number of nitrogens with two attached hydrogens (primary N) is 1. The van der Waals surface area contributed by atoms with Crippen LogP contribution in [0.5, 0.6) is 0 Å². The molecule has 0 aliphatic carbocycles. The Balaban J connectivity index is 2.51. The van der Waals surface area contributed by atoms with Gasteiger partial charge in [-0.15, -0.1) is 0 Å². The molecule has 6 nitrogen and oxygen atoms in total. The predicted molar refractivity (Wildman–Crippen MR) is 58.5 cm³/mol.